The molecule has 2 unspecified atom stereocenters. The summed E-state index contributed by atoms with van der Waals surface area (Å²) in [5, 5.41) is 18.9. The van der Waals surface area contributed by atoms with Crippen LogP contribution in [-0.2, 0) is 31.6 Å². The molecule has 17 heteroatoms. The largest absolute Gasteiger partial charge is 0.509 e. The van der Waals surface area contributed by atoms with E-state index >= 15 is 0 Å². The Morgan fingerprint density at radius 1 is 1.17 bits per heavy atom. The topological polar surface area (TPSA) is 222 Å². The molecule has 30 heavy (non-hydrogen) atoms. The lowest BCUT2D eigenvalue weighted by Gasteiger charge is -2.18. The molecule has 0 aliphatic carbocycles. The molecule has 0 saturated carbocycles. The summed E-state index contributed by atoms with van der Waals surface area (Å²) >= 11 is 0. The van der Waals surface area contributed by atoms with Gasteiger partial charge >= 0.3 is 23.5 Å². The van der Waals surface area contributed by atoms with Crippen molar-refractivity contribution in [3.8, 4) is 11.8 Å². The Hall–Kier alpha value is -1.74. The molecule has 1 heterocycles. The van der Waals surface area contributed by atoms with Gasteiger partial charge < -0.3 is 34.2 Å². The molecule has 2 rings (SSSR count). The van der Waals surface area contributed by atoms with Crippen LogP contribution < -0.4 is 4.74 Å². The second-order valence-corrected chi connectivity index (χ2v) is 10.0. The number of methoxy groups -OCH3 is 1. The number of ether oxygens (including phenoxy) is 2. The van der Waals surface area contributed by atoms with E-state index in [2.05, 4.69) is 13.1 Å². The number of rotatable bonds is 9. The molecule has 1 aromatic carbocycles. The number of aliphatic hydroxyl groups excluding tert-OH is 1. The van der Waals surface area contributed by atoms with E-state index in [4.69, 9.17) is 29.4 Å². The number of aliphatic hydroxyl groups is 1. The molecule has 0 spiro atoms. The van der Waals surface area contributed by atoms with Crippen LogP contribution in [0.1, 0.15) is 23.7 Å². The second-order valence-electron chi connectivity index (χ2n) is 5.61. The number of phosphoric ester groups is 1. The Bertz CT molecular complexity index is 1030. The van der Waals surface area contributed by atoms with E-state index in [0.717, 1.165) is 0 Å². The monoisotopic (exact) mass is 487 g/mol. The number of nitriles is 1. The van der Waals surface area contributed by atoms with Crippen molar-refractivity contribution in [1.29, 1.82) is 5.26 Å². The summed E-state index contributed by atoms with van der Waals surface area (Å²) in [5.41, 5.74) is 0.773. The predicted octanol–water partition coefficient (Wildman–Crippen LogP) is 2.14. The van der Waals surface area contributed by atoms with Crippen LogP contribution in [-0.4, -0.2) is 38.4 Å². The van der Waals surface area contributed by atoms with Crippen LogP contribution in [0.15, 0.2) is 29.7 Å². The van der Waals surface area contributed by atoms with Crippen molar-refractivity contribution >= 4 is 23.5 Å². The molecular weight excluding hydrogens is 471 g/mol. The SMILES string of the molecule is COc1cc(C#N)ccc1[C@H]1CC(O)=C(COP(=O)(O)OP(=O)(O)OP(=O)(O)O)O1. The quantitative estimate of drug-likeness (QED) is 0.315. The first-order valence-corrected chi connectivity index (χ1v) is 12.2. The zero-order chi connectivity index (χ0) is 22.7. The molecule has 5 N–H and O–H groups in total. The lowest BCUT2D eigenvalue weighted by atomic mass is 10.0. The van der Waals surface area contributed by atoms with Gasteiger partial charge in [0.1, 0.15) is 24.2 Å². The average Bonchev–Trinajstić information content (AvgIpc) is 2.97. The summed E-state index contributed by atoms with van der Waals surface area (Å²) in [7, 11) is -15.2. The Labute approximate surface area is 169 Å². The highest BCUT2D eigenvalue weighted by Crippen LogP contribution is 2.66. The smallest absolute Gasteiger partial charge is 0.490 e. The Kier molecular flexibility index (Phi) is 7.50. The van der Waals surface area contributed by atoms with Gasteiger partial charge in [0.2, 0.25) is 0 Å². The van der Waals surface area contributed by atoms with E-state index in [1.807, 2.05) is 6.07 Å². The van der Waals surface area contributed by atoms with Crippen molar-refractivity contribution in [3.05, 3.63) is 40.8 Å². The third-order valence-electron chi connectivity index (χ3n) is 3.47. The number of phosphoric acid groups is 3. The molecule has 14 nitrogen and oxygen atoms in total. The molecular formula is C13H16NO13P3. The zero-order valence-corrected chi connectivity index (χ0v) is 17.7. The first kappa shape index (κ1) is 24.5. The van der Waals surface area contributed by atoms with Crippen molar-refractivity contribution < 1.29 is 61.0 Å². The minimum atomic E-state index is -5.65. The minimum Gasteiger partial charge on any atom is -0.509 e. The first-order chi connectivity index (χ1) is 13.8. The summed E-state index contributed by atoms with van der Waals surface area (Å²) in [5.74, 6) is -0.390. The van der Waals surface area contributed by atoms with Gasteiger partial charge in [0.15, 0.2) is 5.76 Å². The van der Waals surface area contributed by atoms with E-state index in [9.17, 15) is 23.7 Å². The van der Waals surface area contributed by atoms with Crippen LogP contribution in [0, 0.1) is 11.3 Å². The van der Waals surface area contributed by atoms with Crippen LogP contribution >= 0.6 is 23.5 Å². The lowest BCUT2D eigenvalue weighted by molar-refractivity contribution is 0.104. The molecule has 0 amide bonds. The molecule has 0 aromatic heterocycles. The molecule has 0 bridgehead atoms. The standard InChI is InChI=1S/C13H16NO13P3/c1-23-11-4-8(6-14)2-3-9(11)12-5-10(15)13(25-12)7-24-29(19,20)27-30(21,22)26-28(16,17)18/h2-4,12,15H,5,7H2,1H3,(H,19,20)(H,21,22)(H2,16,17,18)/t12-/m1/s1. The van der Waals surface area contributed by atoms with E-state index in [1.54, 1.807) is 0 Å². The third kappa shape index (κ3) is 6.91. The van der Waals surface area contributed by atoms with Crippen LogP contribution in [0.25, 0.3) is 0 Å². The van der Waals surface area contributed by atoms with E-state index < -0.39 is 36.2 Å². The first-order valence-electron chi connectivity index (χ1n) is 7.69. The molecule has 3 atom stereocenters. The fraction of sp³-hybridized carbons (Fsp3) is 0.308. The number of hydrogen-bond donors (Lipinski definition) is 5. The van der Waals surface area contributed by atoms with Gasteiger partial charge in [-0.2, -0.15) is 13.9 Å². The van der Waals surface area contributed by atoms with Crippen molar-refractivity contribution in [2.45, 2.75) is 12.5 Å². The van der Waals surface area contributed by atoms with Gasteiger partial charge in [-0.3, -0.25) is 4.52 Å². The van der Waals surface area contributed by atoms with Crippen LogP contribution in [0.3, 0.4) is 0 Å². The number of benzene rings is 1. The zero-order valence-electron chi connectivity index (χ0n) is 15.0. The van der Waals surface area contributed by atoms with E-state index in [-0.39, 0.29) is 17.9 Å². The Morgan fingerprint density at radius 2 is 1.83 bits per heavy atom. The van der Waals surface area contributed by atoms with E-state index in [0.29, 0.717) is 16.9 Å². The summed E-state index contributed by atoms with van der Waals surface area (Å²) in [6.45, 7) is -0.898. The van der Waals surface area contributed by atoms with Crippen molar-refractivity contribution in [2.75, 3.05) is 13.7 Å². The third-order valence-corrected chi connectivity index (χ3v) is 7.25. The summed E-state index contributed by atoms with van der Waals surface area (Å²) in [6.07, 6.45) is -0.885. The minimum absolute atomic E-state index is 0.0860. The van der Waals surface area contributed by atoms with Crippen LogP contribution in [0.5, 0.6) is 5.75 Å². The predicted molar refractivity (Wildman–Crippen MR) is 95.6 cm³/mol. The molecule has 0 radical (unpaired) electrons. The molecule has 1 aliphatic heterocycles. The van der Waals surface area contributed by atoms with Crippen LogP contribution in [0.2, 0.25) is 0 Å². The van der Waals surface area contributed by atoms with E-state index in [1.165, 1.54) is 25.3 Å². The number of hydrogen-bond acceptors (Lipinski definition) is 10. The van der Waals surface area contributed by atoms with Gasteiger partial charge in [0, 0.05) is 12.0 Å². The molecule has 0 fully saturated rings. The van der Waals surface area contributed by atoms with Gasteiger partial charge in [-0.25, -0.2) is 13.7 Å². The summed E-state index contributed by atoms with van der Waals surface area (Å²) in [4.78, 5) is 35.5. The summed E-state index contributed by atoms with van der Waals surface area (Å²) in [6, 6.07) is 6.39. The van der Waals surface area contributed by atoms with Gasteiger partial charge in [-0.05, 0) is 12.1 Å². The maximum absolute atomic E-state index is 11.7. The fourth-order valence-corrected chi connectivity index (χ4v) is 5.33. The maximum Gasteiger partial charge on any atom is 0.490 e. The molecule has 1 aliphatic rings. The number of nitrogens with zero attached hydrogens (tertiary/aromatic N) is 1. The Balaban J connectivity index is 2.04. The van der Waals surface area contributed by atoms with Crippen molar-refractivity contribution in [3.63, 3.8) is 0 Å². The van der Waals surface area contributed by atoms with Gasteiger partial charge in [0.05, 0.1) is 18.7 Å². The highest BCUT2D eigenvalue weighted by Gasteiger charge is 2.41. The fourth-order valence-electron chi connectivity index (χ4n) is 2.35. The van der Waals surface area contributed by atoms with Gasteiger partial charge in [0.25, 0.3) is 0 Å². The van der Waals surface area contributed by atoms with Crippen LogP contribution in [0.4, 0.5) is 0 Å². The van der Waals surface area contributed by atoms with Crippen molar-refractivity contribution in [2.24, 2.45) is 0 Å². The van der Waals surface area contributed by atoms with Crippen molar-refractivity contribution in [1.82, 2.24) is 0 Å². The second kappa shape index (κ2) is 9.18. The molecule has 166 valence electrons. The van der Waals surface area contributed by atoms with Gasteiger partial charge in [-0.1, -0.05) is 6.07 Å². The highest BCUT2D eigenvalue weighted by molar-refractivity contribution is 7.66. The highest BCUT2D eigenvalue weighted by atomic mass is 31.3. The average molecular weight is 487 g/mol. The molecule has 1 aromatic rings. The normalized spacial score (nSPS) is 20.7. The Morgan fingerprint density at radius 3 is 2.40 bits per heavy atom. The molecule has 0 saturated heterocycles. The lowest BCUT2D eigenvalue weighted by Crippen LogP contribution is -2.04. The maximum atomic E-state index is 11.7. The van der Waals surface area contributed by atoms with Gasteiger partial charge in [-0.15, -0.1) is 0 Å². The summed E-state index contributed by atoms with van der Waals surface area (Å²) < 4.78 is 55.8.